The first-order valence-corrected chi connectivity index (χ1v) is 4.21. The smallest absolute Gasteiger partial charge is 0.454 e. The number of carboxylic acids is 1. The fourth-order valence-electron chi connectivity index (χ4n) is 1.15. The van der Waals surface area contributed by atoms with E-state index in [0.29, 0.717) is 0 Å². The van der Waals surface area contributed by atoms with E-state index < -0.39 is 42.6 Å². The Balaban J connectivity index is 4.99. The number of alkyl halides is 5. The highest BCUT2D eigenvalue weighted by atomic mass is 19.4. The van der Waals surface area contributed by atoms with Gasteiger partial charge in [0.1, 0.15) is 5.78 Å². The van der Waals surface area contributed by atoms with Gasteiger partial charge >= 0.3 is 12.1 Å². The van der Waals surface area contributed by atoms with Gasteiger partial charge in [-0.3, -0.25) is 4.79 Å². The molecule has 0 N–H and O–H groups in total. The summed E-state index contributed by atoms with van der Waals surface area (Å²) >= 11 is 0. The standard InChI is InChI=1S/C8H9F5O3/c1-2-4(5(14)3-6(15)16)7(9,10)8(11,12)13/h4H,2-3H2,1H3,(H,15,16)/p-1. The molecule has 0 amide bonds. The summed E-state index contributed by atoms with van der Waals surface area (Å²) in [6.07, 6.45) is -8.14. The Morgan fingerprint density at radius 2 is 1.62 bits per heavy atom. The third kappa shape index (κ3) is 3.14. The Kier molecular flexibility index (Phi) is 4.39. The van der Waals surface area contributed by atoms with Gasteiger partial charge in [0, 0.05) is 12.4 Å². The lowest BCUT2D eigenvalue weighted by Gasteiger charge is -2.26. The van der Waals surface area contributed by atoms with Gasteiger partial charge in [0.2, 0.25) is 0 Å². The number of Topliss-reactive ketones (excluding diaryl/α,β-unsaturated/α-hetero) is 1. The minimum atomic E-state index is -5.88. The van der Waals surface area contributed by atoms with E-state index in [4.69, 9.17) is 0 Å². The number of carbonyl (C=O) groups is 2. The van der Waals surface area contributed by atoms with Crippen molar-refractivity contribution in [2.24, 2.45) is 5.92 Å². The molecule has 3 nitrogen and oxygen atoms in total. The molecule has 0 bridgehead atoms. The van der Waals surface area contributed by atoms with Gasteiger partial charge in [-0.25, -0.2) is 0 Å². The molecule has 0 aliphatic heterocycles. The molecule has 0 saturated carbocycles. The van der Waals surface area contributed by atoms with Crippen LogP contribution in [-0.2, 0) is 9.59 Å². The zero-order valence-electron chi connectivity index (χ0n) is 8.11. The van der Waals surface area contributed by atoms with Crippen LogP contribution in [0.25, 0.3) is 0 Å². The number of ketones is 1. The van der Waals surface area contributed by atoms with Gasteiger partial charge < -0.3 is 9.90 Å². The van der Waals surface area contributed by atoms with Crippen LogP contribution in [0.15, 0.2) is 0 Å². The number of carboxylic acid groups (broad SMARTS) is 1. The van der Waals surface area contributed by atoms with Crippen LogP contribution in [0.4, 0.5) is 22.0 Å². The first kappa shape index (κ1) is 14.8. The van der Waals surface area contributed by atoms with E-state index in [1.807, 2.05) is 0 Å². The summed E-state index contributed by atoms with van der Waals surface area (Å²) < 4.78 is 61.2. The molecule has 8 heteroatoms. The normalized spacial score (nSPS) is 14.6. The lowest BCUT2D eigenvalue weighted by molar-refractivity contribution is -0.307. The minimum absolute atomic E-state index is 0.807. The molecular formula is C8H8F5O3-. The number of hydrogen-bond acceptors (Lipinski definition) is 3. The van der Waals surface area contributed by atoms with E-state index in [0.717, 1.165) is 6.92 Å². The van der Waals surface area contributed by atoms with Crippen molar-refractivity contribution in [1.29, 1.82) is 0 Å². The average molecular weight is 247 g/mol. The summed E-state index contributed by atoms with van der Waals surface area (Å²) in [5.74, 6) is -11.6. The third-order valence-electron chi connectivity index (χ3n) is 1.93. The van der Waals surface area contributed by atoms with E-state index in [9.17, 15) is 36.6 Å². The summed E-state index contributed by atoms with van der Waals surface area (Å²) in [6, 6.07) is 0. The van der Waals surface area contributed by atoms with Crippen molar-refractivity contribution < 1.29 is 36.6 Å². The Hall–Kier alpha value is -1.21. The van der Waals surface area contributed by atoms with Crippen LogP contribution in [0, 0.1) is 5.92 Å². The maximum Gasteiger partial charge on any atom is 0.454 e. The highest BCUT2D eigenvalue weighted by molar-refractivity contribution is 5.95. The van der Waals surface area contributed by atoms with Crippen molar-refractivity contribution in [3.05, 3.63) is 0 Å². The Morgan fingerprint density at radius 1 is 1.19 bits per heavy atom. The highest BCUT2D eigenvalue weighted by Gasteiger charge is 2.63. The second-order valence-corrected chi connectivity index (χ2v) is 3.10. The summed E-state index contributed by atoms with van der Waals surface area (Å²) in [5, 5.41) is 9.95. The molecule has 16 heavy (non-hydrogen) atoms. The van der Waals surface area contributed by atoms with Crippen LogP contribution in [0.5, 0.6) is 0 Å². The van der Waals surface area contributed by atoms with Gasteiger partial charge in [-0.1, -0.05) is 6.92 Å². The van der Waals surface area contributed by atoms with Gasteiger partial charge in [-0.15, -0.1) is 0 Å². The number of rotatable bonds is 5. The van der Waals surface area contributed by atoms with Crippen molar-refractivity contribution in [3.8, 4) is 0 Å². The molecule has 1 unspecified atom stereocenters. The van der Waals surface area contributed by atoms with Gasteiger partial charge in [0.05, 0.1) is 5.92 Å². The zero-order chi connectivity index (χ0) is 13.1. The summed E-state index contributed by atoms with van der Waals surface area (Å²) in [6.45, 7) is 0.942. The fraction of sp³-hybridized carbons (Fsp3) is 0.750. The molecule has 0 spiro atoms. The van der Waals surface area contributed by atoms with E-state index in [1.165, 1.54) is 0 Å². The third-order valence-corrected chi connectivity index (χ3v) is 1.93. The molecule has 0 aliphatic carbocycles. The molecule has 1 atom stereocenters. The van der Waals surface area contributed by atoms with Crippen LogP contribution in [0.3, 0.4) is 0 Å². The monoisotopic (exact) mass is 247 g/mol. The van der Waals surface area contributed by atoms with E-state index >= 15 is 0 Å². The van der Waals surface area contributed by atoms with Gasteiger partial charge in [0.25, 0.3) is 0 Å². The second kappa shape index (κ2) is 4.75. The molecular weight excluding hydrogens is 239 g/mol. The molecule has 0 heterocycles. The van der Waals surface area contributed by atoms with Crippen LogP contribution in [0.1, 0.15) is 19.8 Å². The van der Waals surface area contributed by atoms with Gasteiger partial charge in [0.15, 0.2) is 0 Å². The van der Waals surface area contributed by atoms with Crippen molar-refractivity contribution in [2.75, 3.05) is 0 Å². The zero-order valence-corrected chi connectivity index (χ0v) is 8.11. The number of hydrogen-bond donors (Lipinski definition) is 0. The number of carbonyl (C=O) groups excluding carboxylic acids is 2. The topological polar surface area (TPSA) is 57.2 Å². The van der Waals surface area contributed by atoms with Crippen LogP contribution >= 0.6 is 0 Å². The number of halogens is 5. The van der Waals surface area contributed by atoms with Crippen molar-refractivity contribution in [3.63, 3.8) is 0 Å². The molecule has 0 fully saturated rings. The van der Waals surface area contributed by atoms with Crippen LogP contribution < -0.4 is 5.11 Å². The molecule has 0 rings (SSSR count). The Morgan fingerprint density at radius 3 is 1.88 bits per heavy atom. The first-order chi connectivity index (χ1) is 7.04. The van der Waals surface area contributed by atoms with Crippen LogP contribution in [-0.4, -0.2) is 23.9 Å². The fourth-order valence-corrected chi connectivity index (χ4v) is 1.15. The predicted octanol–water partition coefficient (Wildman–Crippen LogP) is 0.919. The molecule has 0 aromatic heterocycles. The molecule has 0 radical (unpaired) electrons. The Bertz CT molecular complexity index is 284. The summed E-state index contributed by atoms with van der Waals surface area (Å²) in [7, 11) is 0. The second-order valence-electron chi connectivity index (χ2n) is 3.10. The maximum atomic E-state index is 12.7. The molecule has 0 saturated heterocycles. The predicted molar refractivity (Wildman–Crippen MR) is 39.4 cm³/mol. The van der Waals surface area contributed by atoms with Crippen molar-refractivity contribution in [1.82, 2.24) is 0 Å². The molecule has 0 aromatic carbocycles. The quantitative estimate of drug-likeness (QED) is 0.536. The van der Waals surface area contributed by atoms with Crippen molar-refractivity contribution in [2.45, 2.75) is 31.9 Å². The lowest BCUT2D eigenvalue weighted by atomic mass is 9.91. The van der Waals surface area contributed by atoms with E-state index in [-0.39, 0.29) is 0 Å². The number of aliphatic carboxylic acids is 1. The summed E-state index contributed by atoms with van der Waals surface area (Å²) in [4.78, 5) is 20.8. The lowest BCUT2D eigenvalue weighted by Crippen LogP contribution is -2.47. The maximum absolute atomic E-state index is 12.7. The SMILES string of the molecule is CCC(C(=O)CC(=O)[O-])C(F)(F)C(F)(F)F. The molecule has 0 aromatic rings. The van der Waals surface area contributed by atoms with Crippen molar-refractivity contribution >= 4 is 11.8 Å². The first-order valence-electron chi connectivity index (χ1n) is 4.21. The molecule has 94 valence electrons. The Labute approximate surface area is 87.2 Å². The van der Waals surface area contributed by atoms with Crippen LogP contribution in [0.2, 0.25) is 0 Å². The van der Waals surface area contributed by atoms with Gasteiger partial charge in [-0.05, 0) is 6.42 Å². The van der Waals surface area contributed by atoms with E-state index in [1.54, 1.807) is 0 Å². The minimum Gasteiger partial charge on any atom is -0.550 e. The highest BCUT2D eigenvalue weighted by Crippen LogP contribution is 2.43. The summed E-state index contributed by atoms with van der Waals surface area (Å²) in [5.41, 5.74) is 0. The largest absolute Gasteiger partial charge is 0.550 e. The molecule has 0 aliphatic rings. The van der Waals surface area contributed by atoms with Gasteiger partial charge in [-0.2, -0.15) is 22.0 Å². The average Bonchev–Trinajstić information content (AvgIpc) is 2.00. The van der Waals surface area contributed by atoms with E-state index in [2.05, 4.69) is 0 Å².